The molecular formula is C20H20ClNO5S. The number of esters is 1. The zero-order valence-corrected chi connectivity index (χ0v) is 17.1. The second kappa shape index (κ2) is 8.34. The number of fused-ring (bicyclic) bond motifs is 1. The molecule has 0 aliphatic carbocycles. The molecule has 1 N–H and O–H groups in total. The summed E-state index contributed by atoms with van der Waals surface area (Å²) in [7, 11) is -3.71. The number of rotatable bonds is 7. The average molecular weight is 422 g/mol. The molecule has 6 nitrogen and oxygen atoms in total. The van der Waals surface area contributed by atoms with E-state index in [1.54, 1.807) is 26.0 Å². The Bertz CT molecular complexity index is 1120. The number of benzene rings is 2. The molecule has 8 heteroatoms. The Morgan fingerprint density at radius 3 is 2.71 bits per heavy atom. The summed E-state index contributed by atoms with van der Waals surface area (Å²) in [6.07, 6.45) is 0.514. The first kappa shape index (κ1) is 20.4. The Kier molecular flexibility index (Phi) is 6.07. The molecule has 148 valence electrons. The van der Waals surface area contributed by atoms with Crippen LogP contribution in [0.5, 0.6) is 0 Å². The van der Waals surface area contributed by atoms with E-state index in [1.807, 2.05) is 12.1 Å². The van der Waals surface area contributed by atoms with Crippen molar-refractivity contribution in [2.75, 3.05) is 13.2 Å². The molecule has 0 unspecified atom stereocenters. The Morgan fingerprint density at radius 1 is 1.21 bits per heavy atom. The van der Waals surface area contributed by atoms with E-state index < -0.39 is 16.0 Å². The third-order valence-corrected chi connectivity index (χ3v) is 5.97. The molecule has 0 saturated carbocycles. The minimum atomic E-state index is -3.71. The van der Waals surface area contributed by atoms with Crippen LogP contribution in [0.1, 0.15) is 28.6 Å². The molecule has 0 fully saturated rings. The summed E-state index contributed by atoms with van der Waals surface area (Å²) >= 11 is 5.94. The van der Waals surface area contributed by atoms with Gasteiger partial charge in [0.05, 0.1) is 11.5 Å². The SMILES string of the molecule is CCOC(=O)c1oc2ccc(S(=O)(=O)NCCc3cccc(Cl)c3)cc2c1C. The summed E-state index contributed by atoms with van der Waals surface area (Å²) < 4.78 is 38.3. The second-order valence-electron chi connectivity index (χ2n) is 6.21. The van der Waals surface area contributed by atoms with Crippen LogP contribution in [0.2, 0.25) is 5.02 Å². The van der Waals surface area contributed by atoms with Crippen LogP contribution in [0.4, 0.5) is 0 Å². The van der Waals surface area contributed by atoms with Gasteiger partial charge in [0.25, 0.3) is 0 Å². The number of furan rings is 1. The summed E-state index contributed by atoms with van der Waals surface area (Å²) in [6, 6.07) is 11.8. The molecule has 2 aromatic carbocycles. The second-order valence-corrected chi connectivity index (χ2v) is 8.42. The monoisotopic (exact) mass is 421 g/mol. The van der Waals surface area contributed by atoms with E-state index in [4.69, 9.17) is 20.8 Å². The van der Waals surface area contributed by atoms with Gasteiger partial charge in [-0.1, -0.05) is 23.7 Å². The largest absolute Gasteiger partial charge is 0.460 e. The van der Waals surface area contributed by atoms with Crippen molar-refractivity contribution in [2.45, 2.75) is 25.2 Å². The lowest BCUT2D eigenvalue weighted by Gasteiger charge is -2.07. The first-order chi connectivity index (χ1) is 13.3. The van der Waals surface area contributed by atoms with Gasteiger partial charge < -0.3 is 9.15 Å². The van der Waals surface area contributed by atoms with Crippen molar-refractivity contribution in [3.8, 4) is 0 Å². The Morgan fingerprint density at radius 2 is 2.00 bits per heavy atom. The molecule has 0 bridgehead atoms. The quantitative estimate of drug-likeness (QED) is 0.580. The van der Waals surface area contributed by atoms with Gasteiger partial charge in [-0.15, -0.1) is 0 Å². The fourth-order valence-corrected chi connectivity index (χ4v) is 4.13. The van der Waals surface area contributed by atoms with Gasteiger partial charge in [0, 0.05) is 22.5 Å². The van der Waals surface area contributed by atoms with Crippen molar-refractivity contribution in [2.24, 2.45) is 0 Å². The molecule has 0 saturated heterocycles. The molecule has 28 heavy (non-hydrogen) atoms. The highest BCUT2D eigenvalue weighted by atomic mass is 35.5. The summed E-state index contributed by atoms with van der Waals surface area (Å²) in [5, 5.41) is 1.17. The Balaban J connectivity index is 1.79. The van der Waals surface area contributed by atoms with Crippen molar-refractivity contribution in [3.05, 3.63) is 64.4 Å². The lowest BCUT2D eigenvalue weighted by molar-refractivity contribution is 0.0491. The van der Waals surface area contributed by atoms with Crippen molar-refractivity contribution in [3.63, 3.8) is 0 Å². The highest BCUT2D eigenvalue weighted by Gasteiger charge is 2.21. The van der Waals surface area contributed by atoms with Gasteiger partial charge in [-0.25, -0.2) is 17.9 Å². The van der Waals surface area contributed by atoms with E-state index in [-0.39, 0.29) is 23.8 Å². The van der Waals surface area contributed by atoms with Gasteiger partial charge in [-0.05, 0) is 56.2 Å². The molecule has 0 atom stereocenters. The van der Waals surface area contributed by atoms with E-state index in [1.165, 1.54) is 18.2 Å². The first-order valence-corrected chi connectivity index (χ1v) is 10.6. The van der Waals surface area contributed by atoms with Crippen LogP contribution in [0.15, 0.2) is 51.8 Å². The van der Waals surface area contributed by atoms with Crippen LogP contribution in [0.25, 0.3) is 11.0 Å². The van der Waals surface area contributed by atoms with Gasteiger partial charge in [-0.3, -0.25) is 0 Å². The van der Waals surface area contributed by atoms with E-state index in [9.17, 15) is 13.2 Å². The molecular weight excluding hydrogens is 402 g/mol. The van der Waals surface area contributed by atoms with Crippen LogP contribution in [-0.2, 0) is 21.2 Å². The van der Waals surface area contributed by atoms with Crippen LogP contribution in [0, 0.1) is 6.92 Å². The number of ether oxygens (including phenoxy) is 1. The molecule has 0 aliphatic heterocycles. The molecule has 3 rings (SSSR count). The molecule has 0 radical (unpaired) electrons. The number of carbonyl (C=O) groups is 1. The summed E-state index contributed by atoms with van der Waals surface area (Å²) in [6.45, 7) is 3.86. The maximum absolute atomic E-state index is 12.6. The maximum Gasteiger partial charge on any atom is 0.374 e. The Hall–Kier alpha value is -2.35. The highest BCUT2D eigenvalue weighted by molar-refractivity contribution is 7.89. The van der Waals surface area contributed by atoms with Gasteiger partial charge >= 0.3 is 5.97 Å². The van der Waals surface area contributed by atoms with Crippen LogP contribution >= 0.6 is 11.6 Å². The zero-order valence-electron chi connectivity index (χ0n) is 15.5. The van der Waals surface area contributed by atoms with Crippen LogP contribution in [0.3, 0.4) is 0 Å². The lowest BCUT2D eigenvalue weighted by Crippen LogP contribution is -2.26. The fourth-order valence-electron chi connectivity index (χ4n) is 2.86. The van der Waals surface area contributed by atoms with Crippen molar-refractivity contribution < 1.29 is 22.4 Å². The average Bonchev–Trinajstić information content (AvgIpc) is 2.98. The normalized spacial score (nSPS) is 11.7. The van der Waals surface area contributed by atoms with Gasteiger partial charge in [0.2, 0.25) is 15.8 Å². The topological polar surface area (TPSA) is 85.6 Å². The number of aryl methyl sites for hydroxylation is 1. The number of hydrogen-bond donors (Lipinski definition) is 1. The molecule has 3 aromatic rings. The van der Waals surface area contributed by atoms with Crippen LogP contribution < -0.4 is 4.72 Å². The van der Waals surface area contributed by atoms with Gasteiger partial charge in [-0.2, -0.15) is 0 Å². The van der Waals surface area contributed by atoms with E-state index >= 15 is 0 Å². The van der Waals surface area contributed by atoms with Gasteiger partial charge in [0.15, 0.2) is 0 Å². The van der Waals surface area contributed by atoms with E-state index in [2.05, 4.69) is 4.72 Å². The number of sulfonamides is 1. The molecule has 1 aromatic heterocycles. The maximum atomic E-state index is 12.6. The predicted octanol–water partition coefficient (Wildman–Crippen LogP) is 4.09. The van der Waals surface area contributed by atoms with E-state index in [0.29, 0.717) is 28.0 Å². The third-order valence-electron chi connectivity index (χ3n) is 4.27. The lowest BCUT2D eigenvalue weighted by atomic mass is 10.1. The third kappa shape index (κ3) is 4.38. The van der Waals surface area contributed by atoms with Crippen LogP contribution in [-0.4, -0.2) is 27.5 Å². The minimum Gasteiger partial charge on any atom is -0.460 e. The number of hydrogen-bond acceptors (Lipinski definition) is 5. The van der Waals surface area contributed by atoms with Crippen molar-refractivity contribution in [1.29, 1.82) is 0 Å². The zero-order chi connectivity index (χ0) is 20.3. The highest BCUT2D eigenvalue weighted by Crippen LogP contribution is 2.28. The molecule has 0 spiro atoms. The number of carbonyl (C=O) groups excluding carboxylic acids is 1. The van der Waals surface area contributed by atoms with Crippen molar-refractivity contribution in [1.82, 2.24) is 4.72 Å². The molecule has 0 aliphatic rings. The Labute approximate surface area is 168 Å². The summed E-state index contributed by atoms with van der Waals surface area (Å²) in [5.41, 5.74) is 1.92. The minimum absolute atomic E-state index is 0.0836. The standard InChI is InChI=1S/C20H20ClNO5S/c1-3-26-20(23)19-13(2)17-12-16(7-8-18(17)27-19)28(24,25)22-10-9-14-5-4-6-15(21)11-14/h4-8,11-12,22H,3,9-10H2,1-2H3. The first-order valence-electron chi connectivity index (χ1n) is 8.76. The number of nitrogens with one attached hydrogen (secondary N) is 1. The predicted molar refractivity (Wildman–Crippen MR) is 107 cm³/mol. The smallest absolute Gasteiger partial charge is 0.374 e. The number of halogens is 1. The van der Waals surface area contributed by atoms with E-state index in [0.717, 1.165) is 5.56 Å². The molecule has 0 amide bonds. The fraction of sp³-hybridized carbons (Fsp3) is 0.250. The summed E-state index contributed by atoms with van der Waals surface area (Å²) in [5.74, 6) is -0.486. The van der Waals surface area contributed by atoms with Gasteiger partial charge in [0.1, 0.15) is 5.58 Å². The van der Waals surface area contributed by atoms with Crippen molar-refractivity contribution >= 4 is 38.6 Å². The molecule has 1 heterocycles. The summed E-state index contributed by atoms with van der Waals surface area (Å²) in [4.78, 5) is 12.1.